The van der Waals surface area contributed by atoms with E-state index in [0.717, 1.165) is 24.5 Å². The van der Waals surface area contributed by atoms with E-state index in [0.29, 0.717) is 12.0 Å². The fourth-order valence-corrected chi connectivity index (χ4v) is 2.30. The maximum Gasteiger partial charge on any atom is 0.166 e. The Morgan fingerprint density at radius 2 is 1.45 bits per heavy atom. The van der Waals surface area contributed by atoms with Gasteiger partial charge >= 0.3 is 0 Å². The molecular formula is C19H19F3. The van der Waals surface area contributed by atoms with Crippen molar-refractivity contribution in [3.05, 3.63) is 70.5 Å². The molecule has 0 radical (unpaired) electrons. The fourth-order valence-electron chi connectivity index (χ4n) is 2.30. The molecule has 0 aliphatic rings. The average molecular weight is 304 g/mol. The van der Waals surface area contributed by atoms with Crippen LogP contribution in [-0.4, -0.2) is 0 Å². The van der Waals surface area contributed by atoms with Gasteiger partial charge in [-0.05, 0) is 30.0 Å². The quantitative estimate of drug-likeness (QED) is 0.585. The predicted octanol–water partition coefficient (Wildman–Crippen LogP) is 6.11. The summed E-state index contributed by atoms with van der Waals surface area (Å²) >= 11 is 0. The van der Waals surface area contributed by atoms with Crippen molar-refractivity contribution in [2.75, 3.05) is 0 Å². The van der Waals surface area contributed by atoms with Gasteiger partial charge in [-0.1, -0.05) is 56.7 Å². The van der Waals surface area contributed by atoms with Crippen LogP contribution in [0.3, 0.4) is 0 Å². The molecular weight excluding hydrogens is 285 g/mol. The number of rotatable bonds is 5. The van der Waals surface area contributed by atoms with Gasteiger partial charge in [-0.15, -0.1) is 0 Å². The normalized spacial score (nSPS) is 12.2. The molecule has 0 fully saturated rings. The molecule has 0 bridgehead atoms. The van der Waals surface area contributed by atoms with E-state index in [1.54, 1.807) is 12.1 Å². The molecule has 0 N–H and O–H groups in total. The third-order valence-electron chi connectivity index (χ3n) is 3.63. The highest BCUT2D eigenvalue weighted by Gasteiger charge is 2.13. The van der Waals surface area contributed by atoms with E-state index in [1.165, 1.54) is 24.3 Å². The summed E-state index contributed by atoms with van der Waals surface area (Å²) in [5.41, 5.74) is 1.65. The third-order valence-corrected chi connectivity index (χ3v) is 3.63. The molecule has 0 amide bonds. The first-order valence-electron chi connectivity index (χ1n) is 7.50. The average Bonchev–Trinajstić information content (AvgIpc) is 2.55. The minimum Gasteiger partial charge on any atom is -0.207 e. The van der Waals surface area contributed by atoms with Crippen LogP contribution < -0.4 is 0 Å². The molecule has 0 heterocycles. The summed E-state index contributed by atoms with van der Waals surface area (Å²) < 4.78 is 42.3. The van der Waals surface area contributed by atoms with E-state index in [9.17, 15) is 13.2 Å². The maximum absolute atomic E-state index is 14.2. The van der Waals surface area contributed by atoms with Crippen LogP contribution in [0.25, 0.3) is 11.7 Å². The summed E-state index contributed by atoms with van der Waals surface area (Å²) in [6.07, 6.45) is 2.21. The van der Waals surface area contributed by atoms with E-state index in [2.05, 4.69) is 0 Å². The van der Waals surface area contributed by atoms with Gasteiger partial charge < -0.3 is 0 Å². The van der Waals surface area contributed by atoms with E-state index in [1.807, 2.05) is 13.8 Å². The predicted molar refractivity (Wildman–Crippen MR) is 85.2 cm³/mol. The number of aryl methyl sites for hydroxylation is 2. The van der Waals surface area contributed by atoms with E-state index in [4.69, 9.17) is 0 Å². The summed E-state index contributed by atoms with van der Waals surface area (Å²) in [5, 5.41) is 0. The van der Waals surface area contributed by atoms with Crippen molar-refractivity contribution < 1.29 is 13.2 Å². The van der Waals surface area contributed by atoms with Crippen LogP contribution in [0.4, 0.5) is 13.2 Å². The van der Waals surface area contributed by atoms with Crippen molar-refractivity contribution in [2.45, 2.75) is 33.1 Å². The Kier molecular flexibility index (Phi) is 5.42. The molecule has 3 heteroatoms. The zero-order valence-electron chi connectivity index (χ0n) is 12.8. The van der Waals surface area contributed by atoms with Crippen LogP contribution in [0.1, 0.15) is 42.5 Å². The molecule has 2 aromatic carbocycles. The van der Waals surface area contributed by atoms with Crippen LogP contribution in [0, 0.1) is 5.82 Å². The molecule has 0 saturated carbocycles. The van der Waals surface area contributed by atoms with E-state index < -0.39 is 17.5 Å². The van der Waals surface area contributed by atoms with Gasteiger partial charge in [-0.3, -0.25) is 0 Å². The van der Waals surface area contributed by atoms with Gasteiger partial charge in [0, 0.05) is 11.1 Å². The lowest BCUT2D eigenvalue weighted by Crippen LogP contribution is -1.92. The van der Waals surface area contributed by atoms with Crippen molar-refractivity contribution in [1.29, 1.82) is 0 Å². The second-order valence-corrected chi connectivity index (χ2v) is 5.23. The smallest absolute Gasteiger partial charge is 0.166 e. The van der Waals surface area contributed by atoms with Crippen LogP contribution in [0.15, 0.2) is 42.5 Å². The Bertz CT molecular complexity index is 670. The van der Waals surface area contributed by atoms with Gasteiger partial charge in [0.2, 0.25) is 0 Å². The van der Waals surface area contributed by atoms with Crippen molar-refractivity contribution in [3.63, 3.8) is 0 Å². The van der Waals surface area contributed by atoms with Gasteiger partial charge in [-0.25, -0.2) is 13.2 Å². The molecule has 0 saturated heterocycles. The molecule has 2 aromatic rings. The molecule has 0 nitrogen and oxygen atoms in total. The summed E-state index contributed by atoms with van der Waals surface area (Å²) in [5.74, 6) is -2.50. The monoisotopic (exact) mass is 304 g/mol. The second kappa shape index (κ2) is 7.30. The van der Waals surface area contributed by atoms with Gasteiger partial charge in [0.05, 0.1) is 0 Å². The van der Waals surface area contributed by atoms with Gasteiger partial charge in [0.15, 0.2) is 11.7 Å². The lowest BCUT2D eigenvalue weighted by Gasteiger charge is -2.06. The molecule has 0 spiro atoms. The Morgan fingerprint density at radius 3 is 2.00 bits per heavy atom. The summed E-state index contributed by atoms with van der Waals surface area (Å²) in [4.78, 5) is 0. The Balaban J connectivity index is 2.35. The van der Waals surface area contributed by atoms with E-state index >= 15 is 0 Å². The number of benzene rings is 2. The lowest BCUT2D eigenvalue weighted by molar-refractivity contribution is 0.605. The first-order chi connectivity index (χ1) is 10.6. The molecule has 0 aliphatic carbocycles. The Labute approximate surface area is 129 Å². The highest BCUT2D eigenvalue weighted by molar-refractivity contribution is 5.83. The van der Waals surface area contributed by atoms with Gasteiger partial charge in [0.1, 0.15) is 5.82 Å². The van der Waals surface area contributed by atoms with Crippen LogP contribution in [0.2, 0.25) is 0 Å². The molecule has 0 aromatic heterocycles. The van der Waals surface area contributed by atoms with Crippen molar-refractivity contribution in [2.24, 2.45) is 0 Å². The molecule has 0 atom stereocenters. The van der Waals surface area contributed by atoms with Gasteiger partial charge in [-0.2, -0.15) is 0 Å². The van der Waals surface area contributed by atoms with Crippen molar-refractivity contribution in [3.8, 4) is 0 Å². The first-order valence-corrected chi connectivity index (χ1v) is 7.50. The molecule has 0 unspecified atom stereocenters. The number of halogens is 3. The molecule has 22 heavy (non-hydrogen) atoms. The number of hydrogen-bond donors (Lipinski definition) is 0. The SMILES string of the molecule is CCCc1ccc(/C(F)=C(\F)c2ccc(CC)cc2)cc1F. The molecule has 2 rings (SSSR count). The molecule has 116 valence electrons. The zero-order valence-corrected chi connectivity index (χ0v) is 12.8. The Hall–Kier alpha value is -2.03. The van der Waals surface area contributed by atoms with E-state index in [-0.39, 0.29) is 11.1 Å². The number of hydrogen-bond acceptors (Lipinski definition) is 0. The second-order valence-electron chi connectivity index (χ2n) is 5.23. The lowest BCUT2D eigenvalue weighted by atomic mass is 10.0. The zero-order chi connectivity index (χ0) is 16.1. The first kappa shape index (κ1) is 16.3. The third kappa shape index (κ3) is 3.59. The van der Waals surface area contributed by atoms with Crippen LogP contribution in [0.5, 0.6) is 0 Å². The summed E-state index contributed by atoms with van der Waals surface area (Å²) in [7, 11) is 0. The highest BCUT2D eigenvalue weighted by atomic mass is 19.2. The Morgan fingerprint density at radius 1 is 0.864 bits per heavy atom. The van der Waals surface area contributed by atoms with Gasteiger partial charge in [0.25, 0.3) is 0 Å². The van der Waals surface area contributed by atoms with Crippen LogP contribution in [-0.2, 0) is 12.8 Å². The highest BCUT2D eigenvalue weighted by Crippen LogP contribution is 2.30. The summed E-state index contributed by atoms with van der Waals surface area (Å²) in [6, 6.07) is 10.6. The van der Waals surface area contributed by atoms with Crippen LogP contribution >= 0.6 is 0 Å². The molecule has 0 aliphatic heterocycles. The van der Waals surface area contributed by atoms with Crippen molar-refractivity contribution >= 4 is 11.7 Å². The standard InChI is InChI=1S/C19H19F3/c1-3-5-14-10-11-16(12-17(14)20)19(22)18(21)15-8-6-13(4-2)7-9-15/h6-12H,3-5H2,1-2H3/b19-18+. The topological polar surface area (TPSA) is 0 Å². The largest absolute Gasteiger partial charge is 0.207 e. The maximum atomic E-state index is 14.2. The minimum absolute atomic E-state index is 0.0746. The minimum atomic E-state index is -1.04. The fraction of sp³-hybridized carbons (Fsp3) is 0.263. The summed E-state index contributed by atoms with van der Waals surface area (Å²) in [6.45, 7) is 3.93. The van der Waals surface area contributed by atoms with Crippen molar-refractivity contribution in [1.82, 2.24) is 0 Å².